The number of aliphatic imine (C=N–C) groups is 1. The van der Waals surface area contributed by atoms with Gasteiger partial charge in [0.2, 0.25) is 0 Å². The van der Waals surface area contributed by atoms with Crippen LogP contribution >= 0.6 is 11.8 Å². The Morgan fingerprint density at radius 2 is 2.12 bits per heavy atom. The number of thioether (sulfide) groups is 1. The van der Waals surface area contributed by atoms with E-state index in [1.165, 1.54) is 11.8 Å². The first kappa shape index (κ1) is 11.0. The summed E-state index contributed by atoms with van der Waals surface area (Å²) in [5, 5.41) is 0. The van der Waals surface area contributed by atoms with Crippen LogP contribution in [0.3, 0.4) is 0 Å². The Kier molecular flexibility index (Phi) is 3.41. The molecule has 0 bridgehead atoms. The Balaban J connectivity index is 2.13. The van der Waals surface area contributed by atoms with E-state index in [2.05, 4.69) is 4.99 Å². The topological polar surface area (TPSA) is 38.7 Å². The molecule has 0 saturated heterocycles. The van der Waals surface area contributed by atoms with Crippen molar-refractivity contribution in [3.05, 3.63) is 34.7 Å². The zero-order chi connectivity index (χ0) is 11.4. The van der Waals surface area contributed by atoms with Gasteiger partial charge in [-0.1, -0.05) is 23.9 Å². The molecule has 0 aliphatic carbocycles. The quantitative estimate of drug-likeness (QED) is 0.753. The lowest BCUT2D eigenvalue weighted by Crippen LogP contribution is -1.91. The van der Waals surface area contributed by atoms with Crippen molar-refractivity contribution in [3.63, 3.8) is 0 Å². The summed E-state index contributed by atoms with van der Waals surface area (Å²) in [6, 6.07) is 7.62. The van der Waals surface area contributed by atoms with Gasteiger partial charge in [-0.05, 0) is 30.7 Å². The fourth-order valence-corrected chi connectivity index (χ4v) is 1.94. The standard InChI is InChI=1S/C12H11NO2S/c1-2-15-10-5-3-9(4-6-10)7-11-12(14)13-8-16-11/h3-8H,2H2,1H3. The smallest absolute Gasteiger partial charge is 0.284 e. The number of hydrogen-bond acceptors (Lipinski definition) is 3. The van der Waals surface area contributed by atoms with Gasteiger partial charge >= 0.3 is 0 Å². The van der Waals surface area contributed by atoms with Crippen LogP contribution in [0, 0.1) is 0 Å². The van der Waals surface area contributed by atoms with E-state index < -0.39 is 0 Å². The molecule has 0 unspecified atom stereocenters. The second-order valence-corrected chi connectivity index (χ2v) is 4.05. The zero-order valence-electron chi connectivity index (χ0n) is 8.84. The van der Waals surface area contributed by atoms with E-state index in [1.54, 1.807) is 5.55 Å². The van der Waals surface area contributed by atoms with E-state index in [-0.39, 0.29) is 5.91 Å². The van der Waals surface area contributed by atoms with Crippen molar-refractivity contribution in [2.75, 3.05) is 6.61 Å². The van der Waals surface area contributed by atoms with Crippen LogP contribution < -0.4 is 4.74 Å². The Morgan fingerprint density at radius 1 is 1.38 bits per heavy atom. The SMILES string of the molecule is CCOc1ccc(C=C2SC=NC2=O)cc1. The predicted octanol–water partition coefficient (Wildman–Crippen LogP) is 2.73. The molecule has 3 nitrogen and oxygen atoms in total. The van der Waals surface area contributed by atoms with Crippen molar-refractivity contribution in [2.24, 2.45) is 4.99 Å². The Hall–Kier alpha value is -1.55. The highest BCUT2D eigenvalue weighted by Crippen LogP contribution is 2.24. The first-order chi connectivity index (χ1) is 7.79. The molecule has 16 heavy (non-hydrogen) atoms. The van der Waals surface area contributed by atoms with Crippen LogP contribution in [0.5, 0.6) is 5.75 Å². The summed E-state index contributed by atoms with van der Waals surface area (Å²) >= 11 is 1.35. The summed E-state index contributed by atoms with van der Waals surface area (Å²) in [5.74, 6) is 0.671. The lowest BCUT2D eigenvalue weighted by Gasteiger charge is -2.02. The third-order valence-electron chi connectivity index (χ3n) is 2.05. The first-order valence-corrected chi connectivity index (χ1v) is 5.85. The van der Waals surface area contributed by atoms with Gasteiger partial charge in [-0.25, -0.2) is 4.99 Å². The van der Waals surface area contributed by atoms with E-state index in [0.717, 1.165) is 11.3 Å². The molecule has 0 spiro atoms. The van der Waals surface area contributed by atoms with Crippen LogP contribution in [0.4, 0.5) is 0 Å². The minimum Gasteiger partial charge on any atom is -0.494 e. The number of carbonyl (C=O) groups excluding carboxylic acids is 1. The molecule has 2 rings (SSSR count). The molecule has 0 saturated carbocycles. The molecule has 1 aliphatic heterocycles. The molecule has 1 heterocycles. The molecule has 0 aromatic heterocycles. The number of nitrogens with zero attached hydrogens (tertiary/aromatic N) is 1. The third-order valence-corrected chi connectivity index (χ3v) is 2.81. The van der Waals surface area contributed by atoms with Gasteiger partial charge in [0.1, 0.15) is 5.75 Å². The summed E-state index contributed by atoms with van der Waals surface area (Å²) in [5.41, 5.74) is 2.53. The van der Waals surface area contributed by atoms with Gasteiger partial charge in [0.05, 0.1) is 17.1 Å². The second-order valence-electron chi connectivity index (χ2n) is 3.17. The van der Waals surface area contributed by atoms with Gasteiger partial charge in [-0.2, -0.15) is 0 Å². The van der Waals surface area contributed by atoms with Crippen molar-refractivity contribution in [1.29, 1.82) is 0 Å². The van der Waals surface area contributed by atoms with Crippen molar-refractivity contribution < 1.29 is 9.53 Å². The predicted molar refractivity (Wildman–Crippen MR) is 66.7 cm³/mol. The minimum absolute atomic E-state index is 0.168. The lowest BCUT2D eigenvalue weighted by atomic mass is 10.2. The Morgan fingerprint density at radius 3 is 2.69 bits per heavy atom. The maximum absolute atomic E-state index is 11.2. The number of benzene rings is 1. The number of rotatable bonds is 3. The summed E-state index contributed by atoms with van der Waals surface area (Å²) in [4.78, 5) is 15.6. The molecule has 1 aromatic rings. The third kappa shape index (κ3) is 2.52. The zero-order valence-corrected chi connectivity index (χ0v) is 9.66. The largest absolute Gasteiger partial charge is 0.494 e. The highest BCUT2D eigenvalue weighted by Gasteiger charge is 2.12. The van der Waals surface area contributed by atoms with Crippen LogP contribution in [-0.2, 0) is 4.79 Å². The van der Waals surface area contributed by atoms with E-state index in [1.807, 2.05) is 37.3 Å². The first-order valence-electron chi connectivity index (χ1n) is 4.97. The number of ether oxygens (including phenoxy) is 1. The number of hydrogen-bond donors (Lipinski definition) is 0. The van der Waals surface area contributed by atoms with Crippen LogP contribution in [0.25, 0.3) is 6.08 Å². The molecule has 0 N–H and O–H groups in total. The Bertz CT molecular complexity index is 449. The van der Waals surface area contributed by atoms with Crippen molar-refractivity contribution in [2.45, 2.75) is 6.92 Å². The van der Waals surface area contributed by atoms with Crippen molar-refractivity contribution in [1.82, 2.24) is 0 Å². The second kappa shape index (κ2) is 4.99. The average molecular weight is 233 g/mol. The molecule has 0 atom stereocenters. The van der Waals surface area contributed by atoms with Gasteiger partial charge in [-0.3, -0.25) is 4.79 Å². The molecule has 1 aliphatic rings. The fraction of sp³-hybridized carbons (Fsp3) is 0.167. The molecule has 0 radical (unpaired) electrons. The highest BCUT2D eigenvalue weighted by atomic mass is 32.2. The molecule has 1 aromatic carbocycles. The molecular weight excluding hydrogens is 222 g/mol. The van der Waals surface area contributed by atoms with Gasteiger partial charge in [0.25, 0.3) is 5.91 Å². The Labute approximate surface area is 98.2 Å². The monoisotopic (exact) mass is 233 g/mol. The average Bonchev–Trinajstić information content (AvgIpc) is 2.68. The van der Waals surface area contributed by atoms with E-state index >= 15 is 0 Å². The molecular formula is C12H11NO2S. The lowest BCUT2D eigenvalue weighted by molar-refractivity contribution is -0.113. The number of carbonyl (C=O) groups is 1. The summed E-state index contributed by atoms with van der Waals surface area (Å²) in [7, 11) is 0. The minimum atomic E-state index is -0.168. The summed E-state index contributed by atoms with van der Waals surface area (Å²) in [6.45, 7) is 2.60. The van der Waals surface area contributed by atoms with Gasteiger partial charge in [0, 0.05) is 0 Å². The maximum Gasteiger partial charge on any atom is 0.284 e. The number of amides is 1. The molecule has 1 amide bonds. The molecule has 82 valence electrons. The van der Waals surface area contributed by atoms with Gasteiger partial charge in [-0.15, -0.1) is 0 Å². The van der Waals surface area contributed by atoms with Crippen molar-refractivity contribution >= 4 is 29.3 Å². The van der Waals surface area contributed by atoms with E-state index in [4.69, 9.17) is 4.74 Å². The fourth-order valence-electron chi connectivity index (χ4n) is 1.32. The van der Waals surface area contributed by atoms with E-state index in [0.29, 0.717) is 11.5 Å². The van der Waals surface area contributed by atoms with E-state index in [9.17, 15) is 4.79 Å². The van der Waals surface area contributed by atoms with Gasteiger partial charge in [0.15, 0.2) is 0 Å². The van der Waals surface area contributed by atoms with Crippen molar-refractivity contribution in [3.8, 4) is 5.75 Å². The van der Waals surface area contributed by atoms with Crippen LogP contribution in [0.15, 0.2) is 34.2 Å². The van der Waals surface area contributed by atoms with Crippen LogP contribution in [0.2, 0.25) is 0 Å². The molecule has 0 fully saturated rings. The van der Waals surface area contributed by atoms with Gasteiger partial charge < -0.3 is 4.74 Å². The van der Waals surface area contributed by atoms with Crippen LogP contribution in [-0.4, -0.2) is 18.1 Å². The normalized spacial score (nSPS) is 17.1. The highest BCUT2D eigenvalue weighted by molar-refractivity contribution is 8.16. The molecule has 4 heteroatoms. The maximum atomic E-state index is 11.2. The summed E-state index contributed by atoms with van der Waals surface area (Å²) in [6.07, 6.45) is 1.83. The van der Waals surface area contributed by atoms with Crippen LogP contribution in [0.1, 0.15) is 12.5 Å². The summed E-state index contributed by atoms with van der Waals surface area (Å²) < 4.78 is 5.33.